The Kier molecular flexibility index (Phi) is 6.46. The normalized spacial score (nSPS) is 14.0. The Morgan fingerprint density at radius 1 is 1.14 bits per heavy atom. The van der Waals surface area contributed by atoms with Crippen LogP contribution in [0.15, 0.2) is 61.4 Å². The van der Waals surface area contributed by atoms with Crippen LogP contribution in [0.2, 0.25) is 0 Å². The van der Waals surface area contributed by atoms with Crippen molar-refractivity contribution in [3.05, 3.63) is 67.0 Å². The van der Waals surface area contributed by atoms with Gasteiger partial charge in [0.05, 0.1) is 18.1 Å². The Morgan fingerprint density at radius 3 is 2.75 bits per heavy atom. The summed E-state index contributed by atoms with van der Waals surface area (Å²) in [4.78, 5) is 30.0. The number of piperazine rings is 1. The molecular weight excluding hydrogens is 458 g/mol. The third kappa shape index (κ3) is 5.10. The number of carbonyl (C=O) groups excluding carboxylic acids is 1. The number of anilines is 4. The van der Waals surface area contributed by atoms with Gasteiger partial charge in [0.1, 0.15) is 11.6 Å². The Labute approximate surface area is 208 Å². The van der Waals surface area contributed by atoms with E-state index >= 15 is 0 Å². The lowest BCUT2D eigenvalue weighted by Crippen LogP contribution is -2.44. The molecule has 36 heavy (non-hydrogen) atoms. The highest BCUT2D eigenvalue weighted by molar-refractivity contribution is 5.98. The maximum atomic E-state index is 11.6. The maximum absolute atomic E-state index is 11.6. The summed E-state index contributed by atoms with van der Waals surface area (Å²) in [5, 5.41) is 10.2. The first-order valence-electron chi connectivity index (χ1n) is 11.6. The molecule has 0 saturated carbocycles. The highest BCUT2D eigenvalue weighted by Crippen LogP contribution is 2.26. The molecule has 11 nitrogen and oxygen atoms in total. The van der Waals surface area contributed by atoms with E-state index in [9.17, 15) is 4.79 Å². The average molecular weight is 486 g/mol. The fourth-order valence-corrected chi connectivity index (χ4v) is 3.89. The number of ether oxygens (including phenoxy) is 1. The highest BCUT2D eigenvalue weighted by atomic mass is 16.5. The first kappa shape index (κ1) is 23.2. The second-order valence-electron chi connectivity index (χ2n) is 8.53. The van der Waals surface area contributed by atoms with E-state index in [1.807, 2.05) is 13.1 Å². The van der Waals surface area contributed by atoms with Gasteiger partial charge in [-0.2, -0.15) is 19.6 Å². The number of likely N-dealkylation sites (N-methyl/N-ethyl adjacent to an activating group) is 1. The summed E-state index contributed by atoms with van der Waals surface area (Å²) in [5.74, 6) is 1.16. The van der Waals surface area contributed by atoms with Crippen molar-refractivity contribution in [1.29, 1.82) is 0 Å². The van der Waals surface area contributed by atoms with Crippen LogP contribution in [0.3, 0.4) is 0 Å². The molecule has 0 unspecified atom stereocenters. The molecule has 1 fully saturated rings. The van der Waals surface area contributed by atoms with Crippen LogP contribution in [0, 0.1) is 6.92 Å². The van der Waals surface area contributed by atoms with Crippen molar-refractivity contribution >= 4 is 34.7 Å². The smallest absolute Gasteiger partial charge is 0.328 e. The number of amides is 1. The van der Waals surface area contributed by atoms with Crippen LogP contribution in [-0.2, 0) is 4.79 Å². The summed E-state index contributed by atoms with van der Waals surface area (Å²) in [7, 11) is 2.14. The lowest BCUT2D eigenvalue weighted by Gasteiger charge is -2.34. The van der Waals surface area contributed by atoms with E-state index in [-0.39, 0.29) is 11.9 Å². The van der Waals surface area contributed by atoms with E-state index in [0.29, 0.717) is 28.9 Å². The molecule has 0 aliphatic carbocycles. The zero-order valence-corrected chi connectivity index (χ0v) is 20.2. The Hall–Kier alpha value is -4.51. The van der Waals surface area contributed by atoms with Gasteiger partial charge in [-0.15, -0.1) is 0 Å². The molecule has 1 saturated heterocycles. The van der Waals surface area contributed by atoms with E-state index < -0.39 is 0 Å². The van der Waals surface area contributed by atoms with Crippen molar-refractivity contribution in [3.63, 3.8) is 0 Å². The second kappa shape index (κ2) is 10.0. The predicted molar refractivity (Wildman–Crippen MR) is 138 cm³/mol. The molecule has 11 heteroatoms. The van der Waals surface area contributed by atoms with Gasteiger partial charge in [-0.1, -0.05) is 12.6 Å². The van der Waals surface area contributed by atoms with E-state index in [1.165, 1.54) is 10.6 Å². The first-order valence-corrected chi connectivity index (χ1v) is 11.6. The number of nitrogens with zero attached hydrogens (tertiary/aromatic N) is 7. The van der Waals surface area contributed by atoms with Gasteiger partial charge in [0, 0.05) is 44.0 Å². The molecule has 3 aromatic heterocycles. The number of aromatic nitrogens is 5. The van der Waals surface area contributed by atoms with Crippen LogP contribution in [0.5, 0.6) is 11.8 Å². The standard InChI is InChI=1S/C25H27N9O2/c1-4-22(35)28-18-6-5-7-20(15-18)36-25-31-24(29-21-8-9-27-34(21)25)30-23-17(2)14-19(16-26-23)33-12-10-32(3)11-13-33/h4-9,14-16H,1,10-13H2,2-3H3,(H,28,35)(H,26,29,30). The number of hydrogen-bond donors (Lipinski definition) is 2. The van der Waals surface area contributed by atoms with Crippen molar-refractivity contribution in [2.75, 3.05) is 48.8 Å². The third-order valence-electron chi connectivity index (χ3n) is 5.88. The number of pyridine rings is 1. The molecule has 0 radical (unpaired) electrons. The minimum absolute atomic E-state index is 0.214. The van der Waals surface area contributed by atoms with Crippen molar-refractivity contribution in [1.82, 2.24) is 29.5 Å². The molecule has 4 heterocycles. The lowest BCUT2D eigenvalue weighted by molar-refractivity contribution is -0.111. The van der Waals surface area contributed by atoms with Gasteiger partial charge in [-0.3, -0.25) is 4.79 Å². The number of fused-ring (bicyclic) bond motifs is 1. The summed E-state index contributed by atoms with van der Waals surface area (Å²) >= 11 is 0. The largest absolute Gasteiger partial charge is 0.424 e. The second-order valence-corrected chi connectivity index (χ2v) is 8.53. The molecule has 4 aromatic rings. The summed E-state index contributed by atoms with van der Waals surface area (Å²) in [6.45, 7) is 9.49. The molecule has 184 valence electrons. The number of aryl methyl sites for hydroxylation is 1. The molecule has 1 amide bonds. The van der Waals surface area contributed by atoms with E-state index in [1.54, 1.807) is 36.5 Å². The van der Waals surface area contributed by atoms with Gasteiger partial charge < -0.3 is 25.2 Å². The van der Waals surface area contributed by atoms with Crippen molar-refractivity contribution < 1.29 is 9.53 Å². The fraction of sp³-hybridized carbons (Fsp3) is 0.240. The number of benzene rings is 1. The van der Waals surface area contributed by atoms with Gasteiger partial charge >= 0.3 is 6.01 Å². The van der Waals surface area contributed by atoms with Crippen LogP contribution in [0.25, 0.3) is 5.65 Å². The Morgan fingerprint density at radius 2 is 1.97 bits per heavy atom. The Balaban J connectivity index is 1.38. The molecule has 0 bridgehead atoms. The number of nitrogens with one attached hydrogen (secondary N) is 2. The molecule has 0 atom stereocenters. The van der Waals surface area contributed by atoms with E-state index in [0.717, 1.165) is 37.4 Å². The minimum Gasteiger partial charge on any atom is -0.424 e. The quantitative estimate of drug-likeness (QED) is 0.381. The van der Waals surface area contributed by atoms with Crippen molar-refractivity contribution in [3.8, 4) is 11.8 Å². The highest BCUT2D eigenvalue weighted by Gasteiger charge is 2.17. The minimum atomic E-state index is -0.309. The molecule has 1 aliphatic heterocycles. The molecule has 1 aliphatic rings. The van der Waals surface area contributed by atoms with Gasteiger partial charge in [0.15, 0.2) is 5.65 Å². The molecular formula is C25H27N9O2. The summed E-state index contributed by atoms with van der Waals surface area (Å²) in [6.07, 6.45) is 4.70. The average Bonchev–Trinajstić information content (AvgIpc) is 3.35. The van der Waals surface area contributed by atoms with Crippen LogP contribution >= 0.6 is 0 Å². The fourth-order valence-electron chi connectivity index (χ4n) is 3.89. The zero-order valence-electron chi connectivity index (χ0n) is 20.2. The van der Waals surface area contributed by atoms with Gasteiger partial charge in [0.2, 0.25) is 11.9 Å². The van der Waals surface area contributed by atoms with Crippen LogP contribution in [0.4, 0.5) is 23.1 Å². The van der Waals surface area contributed by atoms with Crippen LogP contribution in [0.1, 0.15) is 5.56 Å². The molecule has 0 spiro atoms. The van der Waals surface area contributed by atoms with Gasteiger partial charge in [-0.05, 0) is 43.8 Å². The number of hydrogen-bond acceptors (Lipinski definition) is 9. The number of rotatable bonds is 7. The van der Waals surface area contributed by atoms with Gasteiger partial charge in [-0.25, -0.2) is 4.98 Å². The molecule has 1 aromatic carbocycles. The maximum Gasteiger partial charge on any atom is 0.328 e. The topological polar surface area (TPSA) is 113 Å². The third-order valence-corrected chi connectivity index (χ3v) is 5.88. The first-order chi connectivity index (χ1) is 17.5. The SMILES string of the molecule is C=CC(=O)Nc1cccc(Oc2nc(Nc3ncc(N4CCN(C)CC4)cc3C)nc3ccnn23)c1. The van der Waals surface area contributed by atoms with E-state index in [4.69, 9.17) is 4.74 Å². The van der Waals surface area contributed by atoms with E-state index in [2.05, 4.69) is 60.2 Å². The van der Waals surface area contributed by atoms with Crippen LogP contribution in [-0.4, -0.2) is 68.6 Å². The van der Waals surface area contributed by atoms with Crippen molar-refractivity contribution in [2.24, 2.45) is 0 Å². The Bertz CT molecular complexity index is 1410. The zero-order chi connectivity index (χ0) is 25.1. The summed E-state index contributed by atoms with van der Waals surface area (Å²) in [5.41, 5.74) is 3.22. The number of carbonyl (C=O) groups is 1. The van der Waals surface area contributed by atoms with Gasteiger partial charge in [0.25, 0.3) is 0 Å². The monoisotopic (exact) mass is 485 g/mol. The molecule has 2 N–H and O–H groups in total. The summed E-state index contributed by atoms with van der Waals surface area (Å²) in [6, 6.07) is 11.1. The predicted octanol–water partition coefficient (Wildman–Crippen LogP) is 3.24. The summed E-state index contributed by atoms with van der Waals surface area (Å²) < 4.78 is 7.52. The van der Waals surface area contributed by atoms with Crippen LogP contribution < -0.4 is 20.3 Å². The molecule has 5 rings (SSSR count). The lowest BCUT2D eigenvalue weighted by atomic mass is 10.2. The van der Waals surface area contributed by atoms with Crippen molar-refractivity contribution in [2.45, 2.75) is 6.92 Å².